The number of nitrogens with one attached hydrogen (secondary N) is 1. The summed E-state index contributed by atoms with van der Waals surface area (Å²) in [6.07, 6.45) is 4.21. The molecule has 4 heteroatoms. The second kappa shape index (κ2) is 3.37. The van der Waals surface area contributed by atoms with Crippen LogP contribution in [0.4, 0.5) is 0 Å². The molecule has 1 aliphatic heterocycles. The summed E-state index contributed by atoms with van der Waals surface area (Å²) in [5.41, 5.74) is 1.31. The number of aryl methyl sites for hydroxylation is 1. The van der Waals surface area contributed by atoms with Crippen molar-refractivity contribution in [3.63, 3.8) is 0 Å². The minimum absolute atomic E-state index is 0.495. The molecule has 1 aliphatic carbocycles. The van der Waals surface area contributed by atoms with E-state index in [1.54, 1.807) is 0 Å². The summed E-state index contributed by atoms with van der Waals surface area (Å²) in [5.74, 6) is 1.12. The molecule has 0 radical (unpaired) electrons. The molecule has 2 aliphatic rings. The van der Waals surface area contributed by atoms with E-state index in [0.29, 0.717) is 6.04 Å². The van der Waals surface area contributed by atoms with E-state index in [1.165, 1.54) is 12.0 Å². The average molecular weight is 193 g/mol. The smallest absolute Gasteiger partial charge is 0.156 e. The van der Waals surface area contributed by atoms with Crippen molar-refractivity contribution in [1.82, 2.24) is 15.4 Å². The summed E-state index contributed by atoms with van der Waals surface area (Å²) < 4.78 is 5.33. The number of fused-ring (bicyclic) bond motifs is 1. The molecule has 0 aromatic carbocycles. The third kappa shape index (κ3) is 1.26. The van der Waals surface area contributed by atoms with E-state index < -0.39 is 0 Å². The van der Waals surface area contributed by atoms with Gasteiger partial charge in [-0.1, -0.05) is 5.16 Å². The Labute approximate surface area is 83.2 Å². The topological polar surface area (TPSA) is 41.3 Å². The molecule has 14 heavy (non-hydrogen) atoms. The Morgan fingerprint density at radius 2 is 2.29 bits per heavy atom. The number of nitrogens with zero attached hydrogens (tertiary/aromatic N) is 2. The van der Waals surface area contributed by atoms with Gasteiger partial charge in [0.2, 0.25) is 0 Å². The summed E-state index contributed by atoms with van der Waals surface area (Å²) in [7, 11) is 0. The molecule has 76 valence electrons. The molecular weight excluding hydrogens is 178 g/mol. The normalized spacial score (nSPS) is 27.9. The highest BCUT2D eigenvalue weighted by molar-refractivity contribution is 5.23. The molecule has 2 heterocycles. The van der Waals surface area contributed by atoms with Gasteiger partial charge in [-0.25, -0.2) is 0 Å². The predicted molar refractivity (Wildman–Crippen MR) is 52.0 cm³/mol. The Morgan fingerprint density at radius 1 is 1.43 bits per heavy atom. The first-order valence-corrected chi connectivity index (χ1v) is 5.33. The average Bonchev–Trinajstić information content (AvgIpc) is 2.79. The van der Waals surface area contributed by atoms with E-state index in [-0.39, 0.29) is 0 Å². The van der Waals surface area contributed by atoms with E-state index in [1.807, 2.05) is 6.20 Å². The molecule has 0 bridgehead atoms. The zero-order valence-corrected chi connectivity index (χ0v) is 8.20. The lowest BCUT2D eigenvalue weighted by atomic mass is 10.2. The molecular formula is C10H15N3O. The molecule has 1 aromatic heterocycles. The predicted octanol–water partition coefficient (Wildman–Crippen LogP) is 0.567. The van der Waals surface area contributed by atoms with E-state index in [2.05, 4.69) is 15.4 Å². The molecule has 3 rings (SSSR count). The number of piperazine rings is 1. The van der Waals surface area contributed by atoms with Crippen molar-refractivity contribution in [2.24, 2.45) is 0 Å². The van der Waals surface area contributed by atoms with Crippen LogP contribution in [0.2, 0.25) is 0 Å². The van der Waals surface area contributed by atoms with Crippen LogP contribution in [-0.4, -0.2) is 36.2 Å². The zero-order chi connectivity index (χ0) is 9.38. The molecule has 0 spiro atoms. The Morgan fingerprint density at radius 3 is 3.14 bits per heavy atom. The summed E-state index contributed by atoms with van der Waals surface area (Å²) in [6, 6.07) is 0.495. The van der Waals surface area contributed by atoms with Crippen LogP contribution in [0.25, 0.3) is 0 Å². The number of aromatic nitrogens is 1. The van der Waals surface area contributed by atoms with Gasteiger partial charge in [-0.05, 0) is 12.8 Å². The summed E-state index contributed by atoms with van der Waals surface area (Å²) in [6.45, 7) is 4.45. The van der Waals surface area contributed by atoms with Crippen LogP contribution in [0.15, 0.2) is 10.7 Å². The second-order valence-electron chi connectivity index (χ2n) is 4.06. The van der Waals surface area contributed by atoms with E-state index in [4.69, 9.17) is 4.52 Å². The standard InChI is InChI=1S/C10H15N3O/c1-2-9(10-8(1)7-12-14-10)13-5-3-11-4-6-13/h7,9,11H,1-6H2. The van der Waals surface area contributed by atoms with Crippen molar-refractivity contribution in [3.8, 4) is 0 Å². The minimum atomic E-state index is 0.495. The summed E-state index contributed by atoms with van der Waals surface area (Å²) >= 11 is 0. The van der Waals surface area contributed by atoms with Crippen molar-refractivity contribution >= 4 is 0 Å². The van der Waals surface area contributed by atoms with Crippen molar-refractivity contribution in [1.29, 1.82) is 0 Å². The maximum absolute atomic E-state index is 5.33. The molecule has 1 aromatic rings. The monoisotopic (exact) mass is 193 g/mol. The van der Waals surface area contributed by atoms with E-state index >= 15 is 0 Å². The first-order chi connectivity index (χ1) is 6.95. The van der Waals surface area contributed by atoms with Gasteiger partial charge in [0.15, 0.2) is 5.76 Å². The van der Waals surface area contributed by atoms with Crippen LogP contribution in [-0.2, 0) is 6.42 Å². The summed E-state index contributed by atoms with van der Waals surface area (Å²) in [4.78, 5) is 2.51. The first kappa shape index (κ1) is 8.44. The van der Waals surface area contributed by atoms with Crippen molar-refractivity contribution in [2.75, 3.05) is 26.2 Å². The number of hydrogen-bond acceptors (Lipinski definition) is 4. The fourth-order valence-corrected chi connectivity index (χ4v) is 2.50. The molecule has 1 N–H and O–H groups in total. The second-order valence-corrected chi connectivity index (χ2v) is 4.06. The van der Waals surface area contributed by atoms with Crippen LogP contribution in [0, 0.1) is 0 Å². The van der Waals surface area contributed by atoms with Crippen LogP contribution >= 0.6 is 0 Å². The molecule has 1 fully saturated rings. The lowest BCUT2D eigenvalue weighted by molar-refractivity contribution is 0.148. The van der Waals surface area contributed by atoms with Crippen molar-refractivity contribution in [2.45, 2.75) is 18.9 Å². The maximum Gasteiger partial charge on any atom is 0.156 e. The molecule has 1 atom stereocenters. The van der Waals surface area contributed by atoms with E-state index in [9.17, 15) is 0 Å². The maximum atomic E-state index is 5.33. The lowest BCUT2D eigenvalue weighted by Crippen LogP contribution is -2.44. The van der Waals surface area contributed by atoms with Crippen molar-refractivity contribution < 1.29 is 4.52 Å². The fraction of sp³-hybridized carbons (Fsp3) is 0.700. The van der Waals surface area contributed by atoms with Gasteiger partial charge in [0, 0.05) is 31.7 Å². The molecule has 4 nitrogen and oxygen atoms in total. The Hall–Kier alpha value is -0.870. The fourth-order valence-electron chi connectivity index (χ4n) is 2.50. The zero-order valence-electron chi connectivity index (χ0n) is 8.20. The van der Waals surface area contributed by atoms with Crippen LogP contribution in [0.1, 0.15) is 23.8 Å². The third-order valence-electron chi connectivity index (χ3n) is 3.26. The van der Waals surface area contributed by atoms with Gasteiger partial charge in [-0.15, -0.1) is 0 Å². The van der Waals surface area contributed by atoms with Gasteiger partial charge >= 0.3 is 0 Å². The third-order valence-corrected chi connectivity index (χ3v) is 3.26. The van der Waals surface area contributed by atoms with Crippen molar-refractivity contribution in [3.05, 3.63) is 17.5 Å². The first-order valence-electron chi connectivity index (χ1n) is 5.33. The molecule has 0 saturated carbocycles. The highest BCUT2D eigenvalue weighted by Gasteiger charge is 2.32. The van der Waals surface area contributed by atoms with E-state index in [0.717, 1.165) is 38.4 Å². The molecule has 1 unspecified atom stereocenters. The van der Waals surface area contributed by atoms with Crippen LogP contribution in [0.3, 0.4) is 0 Å². The Kier molecular flexibility index (Phi) is 2.03. The minimum Gasteiger partial charge on any atom is -0.359 e. The van der Waals surface area contributed by atoms with Gasteiger partial charge in [-0.3, -0.25) is 4.90 Å². The molecule has 1 saturated heterocycles. The number of hydrogen-bond donors (Lipinski definition) is 1. The Bertz CT molecular complexity index is 317. The Balaban J connectivity index is 1.80. The van der Waals surface area contributed by atoms with Gasteiger partial charge in [0.25, 0.3) is 0 Å². The molecule has 0 amide bonds. The highest BCUT2D eigenvalue weighted by Crippen LogP contribution is 2.35. The summed E-state index contributed by atoms with van der Waals surface area (Å²) in [5, 5.41) is 7.24. The quantitative estimate of drug-likeness (QED) is 0.708. The van der Waals surface area contributed by atoms with Gasteiger partial charge in [-0.2, -0.15) is 0 Å². The van der Waals surface area contributed by atoms with Crippen LogP contribution < -0.4 is 5.32 Å². The van der Waals surface area contributed by atoms with Crippen LogP contribution in [0.5, 0.6) is 0 Å². The van der Waals surface area contributed by atoms with Gasteiger partial charge in [0.05, 0.1) is 12.2 Å². The van der Waals surface area contributed by atoms with Gasteiger partial charge < -0.3 is 9.84 Å². The highest BCUT2D eigenvalue weighted by atomic mass is 16.5. The van der Waals surface area contributed by atoms with Gasteiger partial charge in [0.1, 0.15) is 0 Å². The number of rotatable bonds is 1. The largest absolute Gasteiger partial charge is 0.359 e. The lowest BCUT2D eigenvalue weighted by Gasteiger charge is -2.31. The SMILES string of the molecule is c1noc2c1CCC2N1CCNCC1.